The fourth-order valence-electron chi connectivity index (χ4n) is 10.5. The average molecular weight is 596 g/mol. The van der Waals surface area contributed by atoms with E-state index >= 15 is 0 Å². The Labute approximate surface area is 249 Å². The fraction of sp³-hybridized carbons (Fsp3) is 0.969. The van der Waals surface area contributed by atoms with Crippen LogP contribution in [0.1, 0.15) is 84.0 Å². The first kappa shape index (κ1) is 31.1. The molecule has 0 radical (unpaired) electrons. The van der Waals surface area contributed by atoms with Crippen LogP contribution < -0.4 is 5.32 Å². The molecular formula is C32H53NO9. The molecule has 1 saturated heterocycles. The smallest absolute Gasteiger partial charge is 0.220 e. The number of carbonyl (C=O) groups excluding carboxylic acids is 1. The third kappa shape index (κ3) is 4.78. The summed E-state index contributed by atoms with van der Waals surface area (Å²) in [7, 11) is 0. The van der Waals surface area contributed by atoms with Crippen LogP contribution >= 0.6 is 0 Å². The van der Waals surface area contributed by atoms with Gasteiger partial charge in [0.1, 0.15) is 30.5 Å². The van der Waals surface area contributed by atoms with Gasteiger partial charge in [-0.05, 0) is 66.1 Å². The summed E-state index contributed by atoms with van der Waals surface area (Å²) >= 11 is 0. The largest absolute Gasteiger partial charge is 0.394 e. The Kier molecular flexibility index (Phi) is 9.27. The number of aliphatic hydroxyl groups excluding tert-OH is 6. The maximum Gasteiger partial charge on any atom is 0.220 e. The Morgan fingerprint density at radius 3 is 1.98 bits per heavy atom. The highest BCUT2D eigenvalue weighted by atomic mass is 16.7. The maximum absolute atomic E-state index is 12.6. The molecule has 7 N–H and O–H groups in total. The standard InChI is InChI=1S/C32H53NO9/c1-2-17(35)27(37)16(15-41-31-30(40)29(39)28(38)18(14-34)42-31)33-19(36)12-10-8-6-4-3-5-7-9-11-13-32-24-21-20-22(24)26(32)23(20)25(21)32/h16-18,20-31,34-35,37-40H,2-15H2,1H3,(H,33,36)/t16-,17+,18?,20?,21?,22?,23?,24?,25?,26?,27-,28?,29?,30?,31?,32?/m0/s1. The highest BCUT2D eigenvalue weighted by Gasteiger charge is 3.03. The summed E-state index contributed by atoms with van der Waals surface area (Å²) in [6.07, 6.45) is 3.12. The molecule has 0 aromatic rings. The van der Waals surface area contributed by atoms with Gasteiger partial charge in [-0.15, -0.1) is 0 Å². The van der Waals surface area contributed by atoms with Crippen LogP contribution in [0, 0.1) is 46.8 Å². The molecule has 10 heteroatoms. The monoisotopic (exact) mass is 595 g/mol. The van der Waals surface area contributed by atoms with Gasteiger partial charge in [0.05, 0.1) is 25.4 Å². The highest BCUT2D eigenvalue weighted by molar-refractivity contribution is 5.76. The molecule has 5 unspecified atom stereocenters. The van der Waals surface area contributed by atoms with Crippen LogP contribution in [0.25, 0.3) is 0 Å². The number of amides is 1. The quantitative estimate of drug-likeness (QED) is 0.102. The summed E-state index contributed by atoms with van der Waals surface area (Å²) in [6, 6.07) is -0.975. The van der Waals surface area contributed by atoms with E-state index in [0.29, 0.717) is 6.42 Å². The maximum atomic E-state index is 12.6. The lowest BCUT2D eigenvalue weighted by Crippen LogP contribution is -3.05. The molecule has 7 rings (SSSR count). The van der Waals surface area contributed by atoms with Crippen LogP contribution in [0.2, 0.25) is 0 Å². The van der Waals surface area contributed by atoms with E-state index in [9.17, 15) is 35.4 Å². The zero-order valence-electron chi connectivity index (χ0n) is 25.0. The summed E-state index contributed by atoms with van der Waals surface area (Å²) in [5, 5.41) is 62.9. The number of unbranched alkanes of at least 4 members (excludes halogenated alkanes) is 8. The van der Waals surface area contributed by atoms with Crippen LogP contribution in [0.15, 0.2) is 0 Å². The van der Waals surface area contributed by atoms with Gasteiger partial charge in [-0.1, -0.05) is 58.3 Å². The number of hydrogen-bond donors (Lipinski definition) is 7. The molecule has 7 aliphatic rings. The van der Waals surface area contributed by atoms with Gasteiger partial charge in [0.15, 0.2) is 6.29 Å². The number of carbonyl (C=O) groups is 1. The Morgan fingerprint density at radius 1 is 0.833 bits per heavy atom. The Balaban J connectivity index is 0.810. The van der Waals surface area contributed by atoms with Gasteiger partial charge in [0.2, 0.25) is 5.91 Å². The van der Waals surface area contributed by atoms with Crippen molar-refractivity contribution >= 4 is 5.91 Å². The van der Waals surface area contributed by atoms with Crippen molar-refractivity contribution in [2.75, 3.05) is 13.2 Å². The van der Waals surface area contributed by atoms with E-state index in [1.54, 1.807) is 6.92 Å². The molecule has 10 nitrogen and oxygen atoms in total. The zero-order valence-corrected chi connectivity index (χ0v) is 25.0. The van der Waals surface area contributed by atoms with Gasteiger partial charge < -0.3 is 45.4 Å². The van der Waals surface area contributed by atoms with E-state index in [1.165, 1.54) is 86.4 Å². The van der Waals surface area contributed by atoms with Crippen LogP contribution in [0.3, 0.4) is 0 Å². The van der Waals surface area contributed by atoms with E-state index < -0.39 is 55.6 Å². The predicted molar refractivity (Wildman–Crippen MR) is 152 cm³/mol. The average Bonchev–Trinajstić information content (AvgIpc) is 3.00. The minimum Gasteiger partial charge on any atom is -0.394 e. The van der Waals surface area contributed by atoms with Crippen molar-refractivity contribution in [1.82, 2.24) is 5.32 Å². The van der Waals surface area contributed by atoms with E-state index in [1.807, 2.05) is 0 Å². The summed E-state index contributed by atoms with van der Waals surface area (Å²) in [6.45, 7) is 0.802. The summed E-state index contributed by atoms with van der Waals surface area (Å²) in [4.78, 5) is 12.6. The molecular weight excluding hydrogens is 542 g/mol. The van der Waals surface area contributed by atoms with Gasteiger partial charge in [0, 0.05) is 6.42 Å². The van der Waals surface area contributed by atoms with Crippen molar-refractivity contribution in [3.63, 3.8) is 0 Å². The molecule has 42 heavy (non-hydrogen) atoms. The van der Waals surface area contributed by atoms with Crippen molar-refractivity contribution in [3.05, 3.63) is 0 Å². The Morgan fingerprint density at radius 2 is 1.40 bits per heavy atom. The molecule has 6 saturated carbocycles. The fourth-order valence-corrected chi connectivity index (χ4v) is 10.5. The number of ether oxygens (including phenoxy) is 2. The van der Waals surface area contributed by atoms with Crippen LogP contribution in [0.4, 0.5) is 0 Å². The first-order valence-corrected chi connectivity index (χ1v) is 16.9. The third-order valence-electron chi connectivity index (χ3n) is 12.6. The number of aliphatic hydroxyl groups is 6. The molecule has 1 aliphatic heterocycles. The number of hydrogen-bond acceptors (Lipinski definition) is 9. The highest BCUT2D eigenvalue weighted by Crippen LogP contribution is 3.06. The van der Waals surface area contributed by atoms with Gasteiger partial charge in [-0.3, -0.25) is 4.79 Å². The van der Waals surface area contributed by atoms with Gasteiger partial charge >= 0.3 is 0 Å². The molecule has 0 spiro atoms. The molecule has 8 atom stereocenters. The zero-order chi connectivity index (χ0) is 29.8. The molecule has 6 aliphatic carbocycles. The van der Waals surface area contributed by atoms with Crippen LogP contribution in [-0.4, -0.2) is 98.7 Å². The second-order valence-corrected chi connectivity index (χ2v) is 14.4. The SMILES string of the molecule is CC[C@@H](O)[C@@H](O)[C@H](COC1OC(CO)C(O)C(O)C1O)NC(=O)CCCCCCCCCCCC12C3C4C5C3C1C5C42. The molecule has 0 aromatic carbocycles. The van der Waals surface area contributed by atoms with Gasteiger partial charge in [-0.25, -0.2) is 0 Å². The van der Waals surface area contributed by atoms with Crippen LogP contribution in [0.5, 0.6) is 0 Å². The van der Waals surface area contributed by atoms with E-state index in [-0.39, 0.29) is 18.9 Å². The number of rotatable bonds is 20. The minimum absolute atomic E-state index is 0.261. The lowest BCUT2D eigenvalue weighted by Gasteiger charge is -3.08. The van der Waals surface area contributed by atoms with E-state index in [0.717, 1.165) is 24.7 Å². The van der Waals surface area contributed by atoms with Gasteiger partial charge in [0.25, 0.3) is 0 Å². The summed E-state index contributed by atoms with van der Waals surface area (Å²) in [5.74, 6) is 8.14. The first-order valence-electron chi connectivity index (χ1n) is 16.9. The molecule has 0 aromatic heterocycles. The molecule has 240 valence electrons. The summed E-state index contributed by atoms with van der Waals surface area (Å²) in [5.41, 5.74) is 0.881. The normalized spacial score (nSPS) is 45.3. The predicted octanol–water partition coefficient (Wildman–Crippen LogP) is 1.08. The van der Waals surface area contributed by atoms with E-state index in [2.05, 4.69) is 5.32 Å². The second-order valence-electron chi connectivity index (χ2n) is 14.4. The lowest BCUT2D eigenvalue weighted by molar-refractivity contribution is -0.616. The molecule has 7 fully saturated rings. The minimum atomic E-state index is -1.59. The molecule has 0 bridgehead atoms. The van der Waals surface area contributed by atoms with Crippen LogP contribution in [-0.2, 0) is 14.3 Å². The third-order valence-corrected chi connectivity index (χ3v) is 12.6. The van der Waals surface area contributed by atoms with Crippen molar-refractivity contribution in [1.29, 1.82) is 0 Å². The van der Waals surface area contributed by atoms with Gasteiger partial charge in [-0.2, -0.15) is 0 Å². The van der Waals surface area contributed by atoms with Crippen molar-refractivity contribution in [2.24, 2.45) is 46.8 Å². The topological polar surface area (TPSA) is 169 Å². The van der Waals surface area contributed by atoms with Crippen molar-refractivity contribution in [2.45, 2.75) is 133 Å². The van der Waals surface area contributed by atoms with Crippen molar-refractivity contribution < 1.29 is 44.9 Å². The number of nitrogens with one attached hydrogen (secondary N) is 1. The molecule has 1 amide bonds. The van der Waals surface area contributed by atoms with Crippen molar-refractivity contribution in [3.8, 4) is 0 Å². The summed E-state index contributed by atoms with van der Waals surface area (Å²) < 4.78 is 10.9. The van der Waals surface area contributed by atoms with E-state index in [4.69, 9.17) is 9.47 Å². The molecule has 1 heterocycles. The Hall–Kier alpha value is -0.850. The first-order chi connectivity index (χ1) is 20.3. The lowest BCUT2D eigenvalue weighted by atomic mass is 8.96. The Bertz CT molecular complexity index is 896. The second kappa shape index (κ2) is 12.5.